The first-order chi connectivity index (χ1) is 8.69. The number of nitrogens with zero attached hydrogens (tertiary/aromatic N) is 3. The summed E-state index contributed by atoms with van der Waals surface area (Å²) in [6.07, 6.45) is 5.44. The molecule has 2 rings (SSSR count). The van der Waals surface area contributed by atoms with E-state index in [9.17, 15) is 0 Å². The van der Waals surface area contributed by atoms with Gasteiger partial charge in [-0.2, -0.15) is 5.26 Å². The molecule has 5 heteroatoms. The Kier molecular flexibility index (Phi) is 3.85. The van der Waals surface area contributed by atoms with Gasteiger partial charge in [-0.25, -0.2) is 4.98 Å². The molecule has 92 valence electrons. The van der Waals surface area contributed by atoms with Crippen LogP contribution in [0.25, 0.3) is 0 Å². The van der Waals surface area contributed by atoms with Gasteiger partial charge in [0.05, 0.1) is 28.7 Å². The summed E-state index contributed by atoms with van der Waals surface area (Å²) in [6, 6.07) is 7.51. The summed E-state index contributed by atoms with van der Waals surface area (Å²) in [4.78, 5) is 4.00. The highest BCUT2D eigenvalue weighted by Crippen LogP contribution is 2.23. The van der Waals surface area contributed by atoms with Crippen molar-refractivity contribution in [2.45, 2.75) is 19.5 Å². The van der Waals surface area contributed by atoms with Crippen molar-refractivity contribution >= 4 is 17.3 Å². The Morgan fingerprint density at radius 2 is 2.39 bits per heavy atom. The van der Waals surface area contributed by atoms with Crippen LogP contribution >= 0.6 is 11.6 Å². The summed E-state index contributed by atoms with van der Waals surface area (Å²) in [5.74, 6) is 0. The van der Waals surface area contributed by atoms with E-state index in [2.05, 4.69) is 23.3 Å². The molecule has 0 amide bonds. The molecule has 2 aromatic rings. The lowest BCUT2D eigenvalue weighted by atomic mass is 10.2. The molecule has 0 aliphatic heterocycles. The third kappa shape index (κ3) is 3.02. The molecule has 4 nitrogen and oxygen atoms in total. The van der Waals surface area contributed by atoms with Crippen molar-refractivity contribution in [1.82, 2.24) is 9.55 Å². The van der Waals surface area contributed by atoms with E-state index in [4.69, 9.17) is 16.9 Å². The maximum Gasteiger partial charge on any atom is 0.0992 e. The van der Waals surface area contributed by atoms with Gasteiger partial charge in [-0.3, -0.25) is 0 Å². The van der Waals surface area contributed by atoms with Gasteiger partial charge >= 0.3 is 0 Å². The van der Waals surface area contributed by atoms with Crippen LogP contribution in [-0.2, 0) is 6.54 Å². The molecule has 0 bridgehead atoms. The minimum atomic E-state index is 0.213. The number of nitrogens with one attached hydrogen (secondary N) is 1. The number of hydrogen-bond donors (Lipinski definition) is 1. The summed E-state index contributed by atoms with van der Waals surface area (Å²) >= 11 is 6.10. The number of aromatic nitrogens is 2. The van der Waals surface area contributed by atoms with Gasteiger partial charge < -0.3 is 9.88 Å². The highest BCUT2D eigenvalue weighted by Gasteiger charge is 2.06. The van der Waals surface area contributed by atoms with Crippen LogP contribution in [0.15, 0.2) is 36.9 Å². The van der Waals surface area contributed by atoms with Crippen molar-refractivity contribution in [3.63, 3.8) is 0 Å². The minimum absolute atomic E-state index is 0.213. The first kappa shape index (κ1) is 12.5. The van der Waals surface area contributed by atoms with Crippen LogP contribution in [0.3, 0.4) is 0 Å². The van der Waals surface area contributed by atoms with Crippen LogP contribution in [0.2, 0.25) is 5.02 Å². The Balaban J connectivity index is 2.03. The average Bonchev–Trinajstić information content (AvgIpc) is 2.84. The van der Waals surface area contributed by atoms with Crippen LogP contribution in [0, 0.1) is 11.3 Å². The monoisotopic (exact) mass is 260 g/mol. The van der Waals surface area contributed by atoms with Gasteiger partial charge in [-0.15, -0.1) is 0 Å². The zero-order chi connectivity index (χ0) is 13.0. The summed E-state index contributed by atoms with van der Waals surface area (Å²) in [5.41, 5.74) is 1.40. The van der Waals surface area contributed by atoms with Crippen LogP contribution in [0.4, 0.5) is 5.69 Å². The van der Waals surface area contributed by atoms with Crippen molar-refractivity contribution in [2.24, 2.45) is 0 Å². The van der Waals surface area contributed by atoms with Crippen molar-refractivity contribution < 1.29 is 0 Å². The van der Waals surface area contributed by atoms with Gasteiger partial charge in [-0.05, 0) is 25.1 Å². The molecule has 1 heterocycles. The molecular formula is C13H13ClN4. The molecular weight excluding hydrogens is 248 g/mol. The summed E-state index contributed by atoms with van der Waals surface area (Å²) in [7, 11) is 0. The van der Waals surface area contributed by atoms with Gasteiger partial charge in [0.2, 0.25) is 0 Å². The molecule has 0 aliphatic rings. The van der Waals surface area contributed by atoms with Gasteiger partial charge in [0.15, 0.2) is 0 Å². The van der Waals surface area contributed by atoms with E-state index in [-0.39, 0.29) is 6.04 Å². The number of halogens is 1. The number of hydrogen-bond acceptors (Lipinski definition) is 3. The van der Waals surface area contributed by atoms with Crippen molar-refractivity contribution in [3.05, 3.63) is 47.5 Å². The van der Waals surface area contributed by atoms with Crippen molar-refractivity contribution in [2.75, 3.05) is 5.32 Å². The van der Waals surface area contributed by atoms with Crippen LogP contribution < -0.4 is 5.32 Å². The fourth-order valence-corrected chi connectivity index (χ4v) is 1.96. The summed E-state index contributed by atoms with van der Waals surface area (Å²) in [5, 5.41) is 12.6. The smallest absolute Gasteiger partial charge is 0.0992 e. The third-order valence-corrected chi connectivity index (χ3v) is 2.86. The second kappa shape index (κ2) is 5.56. The molecule has 0 saturated carbocycles. The Bertz CT molecular complexity index is 557. The van der Waals surface area contributed by atoms with E-state index < -0.39 is 0 Å². The van der Waals surface area contributed by atoms with Crippen LogP contribution in [-0.4, -0.2) is 15.6 Å². The third-order valence-electron chi connectivity index (χ3n) is 2.54. The molecule has 1 atom stereocenters. The molecule has 0 fully saturated rings. The van der Waals surface area contributed by atoms with Crippen molar-refractivity contribution in [1.29, 1.82) is 5.26 Å². The zero-order valence-corrected chi connectivity index (χ0v) is 10.7. The Morgan fingerprint density at radius 1 is 1.56 bits per heavy atom. The Hall–Kier alpha value is -1.99. The maximum absolute atomic E-state index is 8.77. The highest BCUT2D eigenvalue weighted by molar-refractivity contribution is 6.33. The second-order valence-electron chi connectivity index (χ2n) is 4.11. The number of nitriles is 1. The molecule has 0 radical (unpaired) electrons. The zero-order valence-electron chi connectivity index (χ0n) is 9.97. The lowest BCUT2D eigenvalue weighted by Crippen LogP contribution is -2.21. The van der Waals surface area contributed by atoms with E-state index in [0.717, 1.165) is 12.2 Å². The second-order valence-corrected chi connectivity index (χ2v) is 4.52. The highest BCUT2D eigenvalue weighted by atomic mass is 35.5. The maximum atomic E-state index is 8.77. The molecule has 0 spiro atoms. The number of anilines is 1. The quantitative estimate of drug-likeness (QED) is 0.920. The van der Waals surface area contributed by atoms with Gasteiger partial charge in [-0.1, -0.05) is 11.6 Å². The normalized spacial score (nSPS) is 11.8. The van der Waals surface area contributed by atoms with E-state index in [0.29, 0.717) is 10.6 Å². The molecule has 0 saturated heterocycles. The molecule has 18 heavy (non-hydrogen) atoms. The number of benzene rings is 1. The predicted molar refractivity (Wildman–Crippen MR) is 71.5 cm³/mol. The predicted octanol–water partition coefficient (Wildman–Crippen LogP) is 2.91. The van der Waals surface area contributed by atoms with E-state index in [1.54, 1.807) is 24.7 Å². The lowest BCUT2D eigenvalue weighted by molar-refractivity contribution is 0.619. The van der Waals surface area contributed by atoms with Gasteiger partial charge in [0.25, 0.3) is 0 Å². The first-order valence-corrected chi connectivity index (χ1v) is 5.99. The van der Waals surface area contributed by atoms with Gasteiger partial charge in [0.1, 0.15) is 0 Å². The molecule has 1 aromatic heterocycles. The van der Waals surface area contributed by atoms with E-state index >= 15 is 0 Å². The lowest BCUT2D eigenvalue weighted by Gasteiger charge is -2.16. The summed E-state index contributed by atoms with van der Waals surface area (Å²) < 4.78 is 2.00. The van der Waals surface area contributed by atoms with Crippen LogP contribution in [0.5, 0.6) is 0 Å². The SMILES string of the molecule is CC(Cn1ccnc1)Nc1ccc(C#N)cc1Cl. The Morgan fingerprint density at radius 3 is 3.00 bits per heavy atom. The minimum Gasteiger partial charge on any atom is -0.380 e. The largest absolute Gasteiger partial charge is 0.380 e. The summed E-state index contributed by atoms with van der Waals surface area (Å²) in [6.45, 7) is 2.87. The topological polar surface area (TPSA) is 53.6 Å². The van der Waals surface area contributed by atoms with E-state index in [1.165, 1.54) is 0 Å². The fraction of sp³-hybridized carbons (Fsp3) is 0.231. The van der Waals surface area contributed by atoms with Crippen molar-refractivity contribution in [3.8, 4) is 6.07 Å². The van der Waals surface area contributed by atoms with E-state index in [1.807, 2.05) is 16.8 Å². The average molecular weight is 261 g/mol. The Labute approximate surface area is 111 Å². The molecule has 1 aromatic carbocycles. The first-order valence-electron chi connectivity index (χ1n) is 5.61. The molecule has 1 N–H and O–H groups in total. The fourth-order valence-electron chi connectivity index (χ4n) is 1.72. The number of imidazole rings is 1. The van der Waals surface area contributed by atoms with Gasteiger partial charge in [0, 0.05) is 25.0 Å². The standard InChI is InChI=1S/C13H13ClN4/c1-10(8-18-5-4-16-9-18)17-13-3-2-11(7-15)6-12(13)14/h2-6,9-10,17H,8H2,1H3. The molecule has 1 unspecified atom stereocenters. The number of rotatable bonds is 4. The molecule has 0 aliphatic carbocycles. The van der Waals surface area contributed by atoms with Crippen LogP contribution in [0.1, 0.15) is 12.5 Å².